The number of halogens is 1. The summed E-state index contributed by atoms with van der Waals surface area (Å²) in [4.78, 5) is 24.4. The van der Waals surface area contributed by atoms with E-state index in [4.69, 9.17) is 18.3 Å². The van der Waals surface area contributed by atoms with Gasteiger partial charge in [-0.3, -0.25) is 23.3 Å². The van der Waals surface area contributed by atoms with Crippen molar-refractivity contribution < 1.29 is 40.3 Å². The van der Waals surface area contributed by atoms with Crippen molar-refractivity contribution in [3.63, 3.8) is 0 Å². The summed E-state index contributed by atoms with van der Waals surface area (Å²) in [6.07, 6.45) is -2.12. The number of benzene rings is 2. The quantitative estimate of drug-likeness (QED) is 0.139. The molecule has 0 saturated carbocycles. The van der Waals surface area contributed by atoms with Gasteiger partial charge in [-0.25, -0.2) is 9.36 Å². The van der Waals surface area contributed by atoms with Crippen molar-refractivity contribution in [3.8, 4) is 0 Å². The number of esters is 1. The summed E-state index contributed by atoms with van der Waals surface area (Å²) in [6, 6.07) is 18.3. The predicted octanol–water partition coefficient (Wildman–Crippen LogP) is 4.83. The second kappa shape index (κ2) is 14.3. The van der Waals surface area contributed by atoms with Gasteiger partial charge in [0.15, 0.2) is 23.0 Å². The molecule has 2 aromatic rings. The van der Waals surface area contributed by atoms with E-state index in [9.17, 15) is 14.2 Å². The van der Waals surface area contributed by atoms with E-state index >= 15 is 0 Å². The largest absolute Gasteiger partial charge is 0.521 e. The predicted molar refractivity (Wildman–Crippen MR) is 126 cm³/mol. The Morgan fingerprint density at radius 2 is 1.42 bits per heavy atom. The monoisotopic (exact) mass is 593 g/mol. The van der Waals surface area contributed by atoms with Gasteiger partial charge in [-0.05, 0) is 18.2 Å². The molecule has 0 spiro atoms. The standard InChI is InChI=1S/C21H25INO9P/c1-17(31-21(25)32-22)30-20(24)13-23(2)16-29-33(26,27-14-18-9-5-3-6-10-18)28-15-19-11-7-4-8-12-19/h3-12,17H,13-16H2,1-2H3. The van der Waals surface area contributed by atoms with Crippen molar-refractivity contribution >= 4 is 43.0 Å². The van der Waals surface area contributed by atoms with Gasteiger partial charge < -0.3 is 12.5 Å². The van der Waals surface area contributed by atoms with Gasteiger partial charge in [0, 0.05) is 6.92 Å². The molecular formula is C21H25INO9P. The molecular weight excluding hydrogens is 568 g/mol. The van der Waals surface area contributed by atoms with E-state index in [2.05, 4.69) is 7.80 Å². The zero-order valence-electron chi connectivity index (χ0n) is 18.1. The summed E-state index contributed by atoms with van der Waals surface area (Å²) in [5.41, 5.74) is 1.58. The molecule has 1 unspecified atom stereocenters. The molecule has 0 amide bonds. The number of phosphoric acid groups is 1. The van der Waals surface area contributed by atoms with Crippen LogP contribution in [0.4, 0.5) is 4.79 Å². The summed E-state index contributed by atoms with van der Waals surface area (Å²) in [5, 5.41) is 0. The lowest BCUT2D eigenvalue weighted by Crippen LogP contribution is -2.32. The van der Waals surface area contributed by atoms with Crippen molar-refractivity contribution in [3.05, 3.63) is 71.8 Å². The first-order chi connectivity index (χ1) is 15.8. The fraction of sp³-hybridized carbons (Fsp3) is 0.333. The molecule has 2 rings (SSSR count). The maximum Gasteiger partial charge on any atom is 0.521 e. The number of rotatable bonds is 13. The molecule has 0 N–H and O–H groups in total. The first kappa shape index (κ1) is 27.2. The van der Waals surface area contributed by atoms with Crippen molar-refractivity contribution in [2.75, 3.05) is 20.3 Å². The van der Waals surface area contributed by atoms with Crippen LogP contribution >= 0.6 is 30.8 Å². The van der Waals surface area contributed by atoms with E-state index in [1.54, 1.807) is 7.05 Å². The maximum absolute atomic E-state index is 13.2. The molecule has 0 aliphatic heterocycles. The highest BCUT2D eigenvalue weighted by Gasteiger charge is 2.28. The molecule has 0 aromatic heterocycles. The molecule has 0 bridgehead atoms. The second-order valence-electron chi connectivity index (χ2n) is 6.74. The minimum absolute atomic E-state index is 0.0143. The Labute approximate surface area is 206 Å². The van der Waals surface area contributed by atoms with Gasteiger partial charge in [-0.15, -0.1) is 0 Å². The molecule has 0 aliphatic carbocycles. The number of hydrogen-bond acceptors (Lipinski definition) is 10. The topological polar surface area (TPSA) is 110 Å². The van der Waals surface area contributed by atoms with Crippen LogP contribution in [0.1, 0.15) is 18.1 Å². The molecule has 180 valence electrons. The summed E-state index contributed by atoms with van der Waals surface area (Å²) >= 11 is 1.35. The van der Waals surface area contributed by atoms with Crippen molar-refractivity contribution in [1.82, 2.24) is 4.90 Å². The summed E-state index contributed by atoms with van der Waals surface area (Å²) in [6.45, 7) is 0.914. The summed E-state index contributed by atoms with van der Waals surface area (Å²) < 4.78 is 43.6. The fourth-order valence-electron chi connectivity index (χ4n) is 2.40. The number of carbonyl (C=O) groups is 2. The second-order valence-corrected chi connectivity index (χ2v) is 8.85. The van der Waals surface area contributed by atoms with Gasteiger partial charge in [0.25, 0.3) is 0 Å². The Hall–Kier alpha value is -2.02. The average molecular weight is 593 g/mol. The Morgan fingerprint density at radius 1 is 0.909 bits per heavy atom. The number of nitrogens with zero attached hydrogens (tertiary/aromatic N) is 1. The van der Waals surface area contributed by atoms with Gasteiger partial charge in [0.05, 0.1) is 19.8 Å². The third-order valence-corrected chi connectivity index (χ3v) is 5.60. The van der Waals surface area contributed by atoms with Crippen LogP contribution < -0.4 is 0 Å². The van der Waals surface area contributed by atoms with Crippen LogP contribution in [0.2, 0.25) is 0 Å². The van der Waals surface area contributed by atoms with Crippen LogP contribution in [0.15, 0.2) is 60.7 Å². The first-order valence-electron chi connectivity index (χ1n) is 9.78. The highest BCUT2D eigenvalue weighted by Crippen LogP contribution is 2.51. The van der Waals surface area contributed by atoms with E-state index in [1.165, 1.54) is 34.8 Å². The summed E-state index contributed by atoms with van der Waals surface area (Å²) in [5.74, 6) is -0.694. The van der Waals surface area contributed by atoms with Crippen molar-refractivity contribution in [1.29, 1.82) is 0 Å². The molecule has 33 heavy (non-hydrogen) atoms. The SMILES string of the molecule is CC(OC(=O)CN(C)COP(=O)(OCc1ccccc1)OCc1ccccc1)OC(=O)OI. The molecule has 0 aliphatic rings. The maximum atomic E-state index is 13.2. The molecule has 1 atom stereocenters. The van der Waals surface area contributed by atoms with Gasteiger partial charge >= 0.3 is 19.9 Å². The van der Waals surface area contributed by atoms with Gasteiger partial charge in [0.2, 0.25) is 6.29 Å². The molecule has 2 aromatic carbocycles. The van der Waals surface area contributed by atoms with Crippen LogP contribution in [0, 0.1) is 0 Å². The van der Waals surface area contributed by atoms with Crippen molar-refractivity contribution in [2.45, 2.75) is 26.4 Å². The third kappa shape index (κ3) is 11.1. The van der Waals surface area contributed by atoms with Crippen LogP contribution in [0.5, 0.6) is 0 Å². The number of phosphoric ester groups is 1. The molecule has 0 heterocycles. The number of ether oxygens (including phenoxy) is 2. The van der Waals surface area contributed by atoms with Crippen LogP contribution in [-0.2, 0) is 48.7 Å². The molecule has 0 radical (unpaired) electrons. The van der Waals surface area contributed by atoms with Crippen LogP contribution in [0.3, 0.4) is 0 Å². The smallest absolute Gasteiger partial charge is 0.424 e. The number of hydrogen-bond donors (Lipinski definition) is 0. The van der Waals surface area contributed by atoms with E-state index in [0.29, 0.717) is 0 Å². The van der Waals surface area contributed by atoms with Gasteiger partial charge in [-0.2, -0.15) is 0 Å². The minimum Gasteiger partial charge on any atom is -0.424 e. The van der Waals surface area contributed by atoms with E-state index in [0.717, 1.165) is 11.1 Å². The zero-order valence-corrected chi connectivity index (χ0v) is 21.2. The Morgan fingerprint density at radius 3 is 1.91 bits per heavy atom. The highest BCUT2D eigenvalue weighted by molar-refractivity contribution is 14.1. The molecule has 12 heteroatoms. The van der Waals surface area contributed by atoms with E-state index in [1.807, 2.05) is 60.7 Å². The highest BCUT2D eigenvalue weighted by atomic mass is 127. The lowest BCUT2D eigenvalue weighted by atomic mass is 10.2. The number of likely N-dealkylation sites (N-methyl/N-ethyl adjacent to an activating group) is 1. The minimum atomic E-state index is -3.98. The van der Waals surface area contributed by atoms with Crippen LogP contribution in [0.25, 0.3) is 0 Å². The first-order valence-corrected chi connectivity index (χ1v) is 12.1. The van der Waals surface area contributed by atoms with E-state index in [-0.39, 0.29) is 26.5 Å². The fourth-order valence-corrected chi connectivity index (χ4v) is 3.68. The third-order valence-electron chi connectivity index (χ3n) is 3.92. The van der Waals surface area contributed by atoms with Crippen molar-refractivity contribution in [2.24, 2.45) is 0 Å². The molecule has 10 nitrogen and oxygen atoms in total. The zero-order chi connectivity index (χ0) is 24.1. The summed E-state index contributed by atoms with van der Waals surface area (Å²) in [7, 11) is -2.43. The van der Waals surface area contributed by atoms with Crippen LogP contribution in [-0.4, -0.2) is 43.6 Å². The Balaban J connectivity index is 1.90. The Bertz CT molecular complexity index is 869. The molecule has 0 fully saturated rings. The molecule has 0 saturated heterocycles. The van der Waals surface area contributed by atoms with E-state index < -0.39 is 26.2 Å². The Kier molecular flexibility index (Phi) is 11.8. The number of carbonyl (C=O) groups excluding carboxylic acids is 2. The normalized spacial score (nSPS) is 12.2. The lowest BCUT2D eigenvalue weighted by Gasteiger charge is -2.22. The average Bonchev–Trinajstić information content (AvgIpc) is 2.81. The van der Waals surface area contributed by atoms with Gasteiger partial charge in [0.1, 0.15) is 6.73 Å². The lowest BCUT2D eigenvalue weighted by molar-refractivity contribution is -0.167. The van der Waals surface area contributed by atoms with Gasteiger partial charge in [-0.1, -0.05) is 60.7 Å².